The van der Waals surface area contributed by atoms with Crippen LogP contribution < -0.4 is 15.8 Å². The molecular weight excluding hydrogens is 278 g/mol. The van der Waals surface area contributed by atoms with Crippen LogP contribution in [-0.2, 0) is 10.0 Å². The summed E-state index contributed by atoms with van der Waals surface area (Å²) in [5.74, 6) is -0.400. The van der Waals surface area contributed by atoms with Gasteiger partial charge >= 0.3 is 0 Å². The molecule has 0 aliphatic carbocycles. The number of nitrogens with one attached hydrogen (secondary N) is 2. The first kappa shape index (κ1) is 14.7. The van der Waals surface area contributed by atoms with Gasteiger partial charge in [0.05, 0.1) is 22.5 Å². The number of hydrogen-bond donors (Lipinski definition) is 3. The minimum absolute atomic E-state index is 0.116. The van der Waals surface area contributed by atoms with E-state index >= 15 is 0 Å². The molecule has 0 saturated heterocycles. The zero-order chi connectivity index (χ0) is 13.8. The maximum absolute atomic E-state index is 11.7. The SMILES string of the molecule is CS(=O)(=O)NCCNC(=O)c1cccc(N)c1Cl. The number of carbonyl (C=O) groups is 1. The van der Waals surface area contributed by atoms with Crippen molar-refractivity contribution in [1.29, 1.82) is 0 Å². The third-order valence-electron chi connectivity index (χ3n) is 2.05. The summed E-state index contributed by atoms with van der Waals surface area (Å²) in [5, 5.41) is 2.72. The second kappa shape index (κ2) is 6.03. The number of nitrogen functional groups attached to an aromatic ring is 1. The molecule has 1 rings (SSSR count). The minimum Gasteiger partial charge on any atom is -0.398 e. The van der Waals surface area contributed by atoms with E-state index in [9.17, 15) is 13.2 Å². The minimum atomic E-state index is -3.25. The zero-order valence-corrected chi connectivity index (χ0v) is 11.3. The van der Waals surface area contributed by atoms with Gasteiger partial charge in [0.1, 0.15) is 0 Å². The molecule has 100 valence electrons. The highest BCUT2D eigenvalue weighted by Gasteiger charge is 2.11. The molecule has 0 bridgehead atoms. The fourth-order valence-corrected chi connectivity index (χ4v) is 1.92. The van der Waals surface area contributed by atoms with Crippen molar-refractivity contribution in [3.8, 4) is 0 Å². The Hall–Kier alpha value is -1.31. The van der Waals surface area contributed by atoms with Gasteiger partial charge in [-0.3, -0.25) is 4.79 Å². The van der Waals surface area contributed by atoms with E-state index in [0.717, 1.165) is 6.26 Å². The first-order chi connectivity index (χ1) is 8.31. The highest BCUT2D eigenvalue weighted by Crippen LogP contribution is 2.22. The Bertz CT molecular complexity index is 545. The third kappa shape index (κ3) is 4.52. The van der Waals surface area contributed by atoms with Crippen LogP contribution in [0.3, 0.4) is 0 Å². The van der Waals surface area contributed by atoms with Gasteiger partial charge in [0, 0.05) is 13.1 Å². The topological polar surface area (TPSA) is 101 Å². The van der Waals surface area contributed by atoms with E-state index in [-0.39, 0.29) is 23.7 Å². The lowest BCUT2D eigenvalue weighted by Crippen LogP contribution is -2.34. The number of nitrogens with two attached hydrogens (primary N) is 1. The van der Waals surface area contributed by atoms with Crippen LogP contribution in [0.2, 0.25) is 5.02 Å². The molecule has 0 atom stereocenters. The van der Waals surface area contributed by atoms with Crippen molar-refractivity contribution < 1.29 is 13.2 Å². The predicted molar refractivity (Wildman–Crippen MR) is 71.0 cm³/mol. The molecule has 1 aromatic rings. The molecule has 18 heavy (non-hydrogen) atoms. The molecule has 0 aliphatic heterocycles. The second-order valence-electron chi connectivity index (χ2n) is 3.63. The average Bonchev–Trinajstić information content (AvgIpc) is 2.26. The molecule has 6 nitrogen and oxygen atoms in total. The highest BCUT2D eigenvalue weighted by molar-refractivity contribution is 7.88. The van der Waals surface area contributed by atoms with E-state index in [4.69, 9.17) is 17.3 Å². The monoisotopic (exact) mass is 291 g/mol. The van der Waals surface area contributed by atoms with E-state index < -0.39 is 15.9 Å². The van der Waals surface area contributed by atoms with Crippen LogP contribution in [0.15, 0.2) is 18.2 Å². The summed E-state index contributed by atoms with van der Waals surface area (Å²) in [4.78, 5) is 11.7. The van der Waals surface area contributed by atoms with E-state index in [0.29, 0.717) is 5.69 Å². The van der Waals surface area contributed by atoms with E-state index in [1.165, 1.54) is 6.07 Å². The fourth-order valence-electron chi connectivity index (χ4n) is 1.23. The Balaban J connectivity index is 2.54. The van der Waals surface area contributed by atoms with Crippen LogP contribution in [0.4, 0.5) is 5.69 Å². The van der Waals surface area contributed by atoms with Crippen LogP contribution in [-0.4, -0.2) is 33.7 Å². The maximum atomic E-state index is 11.7. The molecule has 0 saturated carbocycles. The summed E-state index contributed by atoms with van der Waals surface area (Å²) in [6.07, 6.45) is 1.05. The first-order valence-electron chi connectivity index (χ1n) is 5.08. The number of halogens is 1. The van der Waals surface area contributed by atoms with Gasteiger partial charge in [-0.05, 0) is 12.1 Å². The van der Waals surface area contributed by atoms with E-state index in [2.05, 4.69) is 10.0 Å². The molecule has 8 heteroatoms. The van der Waals surface area contributed by atoms with Crippen molar-refractivity contribution in [2.75, 3.05) is 25.1 Å². The molecule has 0 fully saturated rings. The Labute approximate surface area is 111 Å². The van der Waals surface area contributed by atoms with Crippen LogP contribution in [0.1, 0.15) is 10.4 Å². The van der Waals surface area contributed by atoms with Gasteiger partial charge < -0.3 is 11.1 Å². The van der Waals surface area contributed by atoms with Crippen molar-refractivity contribution >= 4 is 33.2 Å². The lowest BCUT2D eigenvalue weighted by Gasteiger charge is -2.08. The quantitative estimate of drug-likeness (QED) is 0.533. The third-order valence-corrected chi connectivity index (χ3v) is 3.20. The van der Waals surface area contributed by atoms with Crippen molar-refractivity contribution in [2.24, 2.45) is 0 Å². The second-order valence-corrected chi connectivity index (χ2v) is 5.84. The van der Waals surface area contributed by atoms with Crippen LogP contribution in [0.5, 0.6) is 0 Å². The Morgan fingerprint density at radius 2 is 2.06 bits per heavy atom. The zero-order valence-electron chi connectivity index (χ0n) is 9.73. The molecule has 0 unspecified atom stereocenters. The molecule has 1 amide bonds. The molecule has 0 spiro atoms. The van der Waals surface area contributed by atoms with Gasteiger partial charge in [0.2, 0.25) is 10.0 Å². The number of anilines is 1. The molecule has 0 aliphatic rings. The number of amides is 1. The summed E-state index contributed by atoms with van der Waals surface area (Å²) < 4.78 is 23.8. The molecular formula is C10H14ClN3O3S. The standard InChI is InChI=1S/C10H14ClN3O3S/c1-18(16,17)14-6-5-13-10(15)7-3-2-4-8(12)9(7)11/h2-4,14H,5-6,12H2,1H3,(H,13,15). The molecule has 0 radical (unpaired) electrons. The molecule has 1 aromatic carbocycles. The van der Waals surface area contributed by atoms with E-state index in [1.807, 2.05) is 0 Å². The predicted octanol–water partition coefficient (Wildman–Crippen LogP) is 0.201. The van der Waals surface area contributed by atoms with Crippen molar-refractivity contribution in [3.63, 3.8) is 0 Å². The van der Waals surface area contributed by atoms with Crippen molar-refractivity contribution in [3.05, 3.63) is 28.8 Å². The highest BCUT2D eigenvalue weighted by atomic mass is 35.5. The smallest absolute Gasteiger partial charge is 0.252 e. The normalized spacial score (nSPS) is 11.2. The Morgan fingerprint density at radius 1 is 1.39 bits per heavy atom. The van der Waals surface area contributed by atoms with Gasteiger partial charge in [0.15, 0.2) is 0 Å². The van der Waals surface area contributed by atoms with Crippen LogP contribution in [0.25, 0.3) is 0 Å². The van der Waals surface area contributed by atoms with Gasteiger partial charge in [-0.2, -0.15) is 0 Å². The van der Waals surface area contributed by atoms with Gasteiger partial charge in [-0.15, -0.1) is 0 Å². The van der Waals surface area contributed by atoms with E-state index in [1.54, 1.807) is 12.1 Å². The molecule has 0 heterocycles. The molecule has 4 N–H and O–H groups in total. The number of sulfonamides is 1. The summed E-state index contributed by atoms with van der Waals surface area (Å²) in [6.45, 7) is 0.279. The lowest BCUT2D eigenvalue weighted by molar-refractivity contribution is 0.0954. The first-order valence-corrected chi connectivity index (χ1v) is 7.35. The summed E-state index contributed by atoms with van der Waals surface area (Å²) in [5.41, 5.74) is 6.15. The Kier molecular flexibility index (Phi) is 4.94. The van der Waals surface area contributed by atoms with Gasteiger partial charge in [-0.25, -0.2) is 13.1 Å². The summed E-state index contributed by atoms with van der Waals surface area (Å²) in [7, 11) is -3.25. The fraction of sp³-hybridized carbons (Fsp3) is 0.300. The maximum Gasteiger partial charge on any atom is 0.252 e. The van der Waals surface area contributed by atoms with Crippen LogP contribution >= 0.6 is 11.6 Å². The van der Waals surface area contributed by atoms with Gasteiger partial charge in [-0.1, -0.05) is 17.7 Å². The number of benzene rings is 1. The van der Waals surface area contributed by atoms with Crippen molar-refractivity contribution in [1.82, 2.24) is 10.0 Å². The summed E-state index contributed by atoms with van der Waals surface area (Å²) in [6, 6.07) is 4.74. The largest absolute Gasteiger partial charge is 0.398 e. The average molecular weight is 292 g/mol. The van der Waals surface area contributed by atoms with Crippen LogP contribution in [0, 0.1) is 0 Å². The van der Waals surface area contributed by atoms with Gasteiger partial charge in [0.25, 0.3) is 5.91 Å². The number of hydrogen-bond acceptors (Lipinski definition) is 4. The lowest BCUT2D eigenvalue weighted by atomic mass is 10.2. The Morgan fingerprint density at radius 3 is 2.67 bits per heavy atom. The summed E-state index contributed by atoms with van der Waals surface area (Å²) >= 11 is 5.88. The number of carbonyl (C=O) groups excluding carboxylic acids is 1. The van der Waals surface area contributed by atoms with Crippen molar-refractivity contribution in [2.45, 2.75) is 0 Å². The molecule has 0 aromatic heterocycles. The number of rotatable bonds is 5.